The lowest BCUT2D eigenvalue weighted by Crippen LogP contribution is -2.48. The Morgan fingerprint density at radius 1 is 0.789 bits per heavy atom. The number of allylic oxidation sites excluding steroid dienone is 14. The van der Waals surface area contributed by atoms with Gasteiger partial charge in [0.15, 0.2) is 0 Å². The first-order chi connectivity index (χ1) is 9.23. The predicted molar refractivity (Wildman–Crippen MR) is 75.9 cm³/mol. The third-order valence-electron chi connectivity index (χ3n) is 4.93. The van der Waals surface area contributed by atoms with Gasteiger partial charge in [0, 0.05) is 5.41 Å². The molecule has 0 saturated heterocycles. The van der Waals surface area contributed by atoms with Gasteiger partial charge < -0.3 is 0 Å². The van der Waals surface area contributed by atoms with E-state index in [0.717, 1.165) is 11.1 Å². The van der Waals surface area contributed by atoms with Gasteiger partial charge in [0.2, 0.25) is 0 Å². The van der Waals surface area contributed by atoms with Crippen molar-refractivity contribution in [2.45, 2.75) is 6.92 Å². The Morgan fingerprint density at radius 2 is 1.32 bits per heavy atom. The van der Waals surface area contributed by atoms with Crippen LogP contribution in [0, 0.1) is 22.2 Å². The maximum Gasteiger partial charge on any atom is 0.120 e. The van der Waals surface area contributed by atoms with E-state index in [1.54, 1.807) is 0 Å². The van der Waals surface area contributed by atoms with Crippen molar-refractivity contribution in [3.63, 3.8) is 0 Å². The summed E-state index contributed by atoms with van der Waals surface area (Å²) in [6.07, 6.45) is 21.0. The second kappa shape index (κ2) is 3.16. The molecule has 0 fully saturated rings. The molecule has 0 amide bonds. The van der Waals surface area contributed by atoms with Gasteiger partial charge in [-0.2, -0.15) is 5.26 Å². The van der Waals surface area contributed by atoms with E-state index in [0.29, 0.717) is 0 Å². The Labute approximate surface area is 112 Å². The molecular weight excluding hydrogens is 230 g/mol. The Hall–Kier alpha value is -2.33. The molecule has 2 unspecified atom stereocenters. The smallest absolute Gasteiger partial charge is 0.120 e. The van der Waals surface area contributed by atoms with Crippen molar-refractivity contribution in [2.75, 3.05) is 0 Å². The highest BCUT2D eigenvalue weighted by Crippen LogP contribution is 2.64. The van der Waals surface area contributed by atoms with Gasteiger partial charge in [-0.3, -0.25) is 0 Å². The first-order valence-electron chi connectivity index (χ1n) is 6.53. The van der Waals surface area contributed by atoms with Crippen molar-refractivity contribution in [3.05, 3.63) is 83.1 Å². The minimum atomic E-state index is -0.572. The average Bonchev–Trinajstić information content (AvgIpc) is 2.44. The van der Waals surface area contributed by atoms with Gasteiger partial charge in [-0.05, 0) is 29.2 Å². The Kier molecular flexibility index (Phi) is 1.76. The molecule has 1 heteroatoms. The van der Waals surface area contributed by atoms with E-state index in [9.17, 15) is 5.26 Å². The molecular formula is C18H13N. The van der Waals surface area contributed by atoms with E-state index in [2.05, 4.69) is 67.7 Å². The molecule has 0 aromatic rings. The van der Waals surface area contributed by atoms with Crippen molar-refractivity contribution < 1.29 is 0 Å². The predicted octanol–water partition coefficient (Wildman–Crippen LogP) is 3.93. The molecule has 0 spiro atoms. The fourth-order valence-electron chi connectivity index (χ4n) is 3.84. The minimum absolute atomic E-state index is 0.272. The van der Waals surface area contributed by atoms with Gasteiger partial charge in [0.05, 0.1) is 6.07 Å². The Balaban J connectivity index is 2.19. The molecule has 0 N–H and O–H groups in total. The Bertz CT molecular complexity index is 743. The molecule has 0 bridgehead atoms. The van der Waals surface area contributed by atoms with Crippen molar-refractivity contribution >= 4 is 0 Å². The number of hydrogen-bond acceptors (Lipinski definition) is 1. The summed E-state index contributed by atoms with van der Waals surface area (Å²) in [5, 5.41) is 10.0. The third-order valence-corrected chi connectivity index (χ3v) is 4.93. The molecule has 4 aliphatic carbocycles. The van der Waals surface area contributed by atoms with Crippen molar-refractivity contribution in [1.29, 1.82) is 5.26 Å². The monoisotopic (exact) mass is 243 g/mol. The van der Waals surface area contributed by atoms with Crippen LogP contribution in [0.2, 0.25) is 0 Å². The summed E-state index contributed by atoms with van der Waals surface area (Å²) in [5.74, 6) is 0. The number of nitriles is 1. The van der Waals surface area contributed by atoms with Crippen LogP contribution in [0.4, 0.5) is 0 Å². The van der Waals surface area contributed by atoms with Gasteiger partial charge in [0.1, 0.15) is 5.41 Å². The zero-order valence-electron chi connectivity index (χ0n) is 10.7. The van der Waals surface area contributed by atoms with Gasteiger partial charge in [-0.1, -0.05) is 60.8 Å². The first-order valence-corrected chi connectivity index (χ1v) is 6.53. The normalized spacial score (nSPS) is 36.6. The number of rotatable bonds is 0. The first kappa shape index (κ1) is 10.6. The number of nitrogens with zero attached hydrogens (tertiary/aromatic N) is 1. The molecule has 19 heavy (non-hydrogen) atoms. The molecule has 0 saturated carbocycles. The summed E-state index contributed by atoms with van der Waals surface area (Å²) in [4.78, 5) is 0. The molecule has 1 nitrogen and oxygen atoms in total. The standard InChI is InChI=1S/C18H13N/c1-17-13-4-2-5-14(17)9-11-16-7-3-6-15(10-8-13)18(16,17)12-19/h2-11H,1H3. The van der Waals surface area contributed by atoms with Crippen LogP contribution in [0.1, 0.15) is 6.92 Å². The minimum Gasteiger partial charge on any atom is -0.197 e. The number of hydrogen-bond donors (Lipinski definition) is 0. The average molecular weight is 243 g/mol. The van der Waals surface area contributed by atoms with Gasteiger partial charge in [0.25, 0.3) is 0 Å². The van der Waals surface area contributed by atoms with E-state index in [-0.39, 0.29) is 5.41 Å². The van der Waals surface area contributed by atoms with Gasteiger partial charge >= 0.3 is 0 Å². The van der Waals surface area contributed by atoms with Crippen molar-refractivity contribution in [2.24, 2.45) is 10.8 Å². The summed E-state index contributed by atoms with van der Waals surface area (Å²) >= 11 is 0. The van der Waals surface area contributed by atoms with Crippen LogP contribution in [0.25, 0.3) is 0 Å². The quantitative estimate of drug-likeness (QED) is 0.632. The third kappa shape index (κ3) is 0.945. The summed E-state index contributed by atoms with van der Waals surface area (Å²) in [5.41, 5.74) is 3.80. The molecule has 2 atom stereocenters. The maximum absolute atomic E-state index is 10.0. The Morgan fingerprint density at radius 3 is 2.11 bits per heavy atom. The van der Waals surface area contributed by atoms with Gasteiger partial charge in [-0.15, -0.1) is 0 Å². The van der Waals surface area contributed by atoms with Crippen molar-refractivity contribution in [3.8, 4) is 6.07 Å². The highest BCUT2D eigenvalue weighted by molar-refractivity contribution is 5.69. The van der Waals surface area contributed by atoms with Crippen molar-refractivity contribution in [1.82, 2.24) is 0 Å². The second-order valence-electron chi connectivity index (χ2n) is 5.53. The molecule has 4 aliphatic rings. The lowest BCUT2D eigenvalue weighted by Gasteiger charge is -2.53. The zero-order chi connectivity index (χ0) is 13.1. The van der Waals surface area contributed by atoms with E-state index >= 15 is 0 Å². The molecule has 0 heterocycles. The van der Waals surface area contributed by atoms with E-state index < -0.39 is 5.41 Å². The highest BCUT2D eigenvalue weighted by Gasteiger charge is 2.58. The van der Waals surface area contributed by atoms with E-state index in [4.69, 9.17) is 0 Å². The maximum atomic E-state index is 10.0. The zero-order valence-corrected chi connectivity index (χ0v) is 10.7. The SMILES string of the molecule is CC12C3=CC=CC1=CC=C1C=CC=C(C=C3)C12C#N. The van der Waals surface area contributed by atoms with Crippen LogP contribution in [0.15, 0.2) is 83.1 Å². The van der Waals surface area contributed by atoms with Crippen LogP contribution in [-0.4, -0.2) is 0 Å². The lowest BCUT2D eigenvalue weighted by atomic mass is 9.47. The van der Waals surface area contributed by atoms with Crippen LogP contribution < -0.4 is 0 Å². The highest BCUT2D eigenvalue weighted by atomic mass is 14.6. The topological polar surface area (TPSA) is 23.8 Å². The molecule has 0 aromatic carbocycles. The summed E-state index contributed by atoms with van der Waals surface area (Å²) in [7, 11) is 0. The summed E-state index contributed by atoms with van der Waals surface area (Å²) in [6.45, 7) is 2.20. The second-order valence-corrected chi connectivity index (χ2v) is 5.53. The fraction of sp³-hybridized carbons (Fsp3) is 0.167. The molecule has 0 aromatic heterocycles. The lowest BCUT2D eigenvalue weighted by molar-refractivity contribution is 0.298. The van der Waals surface area contributed by atoms with Gasteiger partial charge in [-0.25, -0.2) is 0 Å². The van der Waals surface area contributed by atoms with Crippen LogP contribution in [-0.2, 0) is 0 Å². The molecule has 0 radical (unpaired) electrons. The van der Waals surface area contributed by atoms with Crippen LogP contribution in [0.5, 0.6) is 0 Å². The summed E-state index contributed by atoms with van der Waals surface area (Å²) < 4.78 is 0. The van der Waals surface area contributed by atoms with E-state index in [1.165, 1.54) is 11.1 Å². The largest absolute Gasteiger partial charge is 0.197 e. The van der Waals surface area contributed by atoms with E-state index in [1.807, 2.05) is 6.08 Å². The molecule has 0 aliphatic heterocycles. The molecule has 4 rings (SSSR count). The van der Waals surface area contributed by atoms with Crippen LogP contribution >= 0.6 is 0 Å². The fourth-order valence-corrected chi connectivity index (χ4v) is 3.84. The molecule has 90 valence electrons. The van der Waals surface area contributed by atoms with Crippen LogP contribution in [0.3, 0.4) is 0 Å². The summed E-state index contributed by atoms with van der Waals surface area (Å²) in [6, 6.07) is 2.64.